The van der Waals surface area contributed by atoms with Gasteiger partial charge in [-0.3, -0.25) is 9.69 Å². The molecule has 0 saturated carbocycles. The van der Waals surface area contributed by atoms with Crippen LogP contribution in [0.15, 0.2) is 36.4 Å². The fraction of sp³-hybridized carbons (Fsp3) is 0.364. The fourth-order valence-electron chi connectivity index (χ4n) is 3.20. The summed E-state index contributed by atoms with van der Waals surface area (Å²) in [6, 6.07) is 7.89. The van der Waals surface area contributed by atoms with Crippen LogP contribution in [0.5, 0.6) is 11.5 Å². The molecule has 180 valence electrons. The first-order chi connectivity index (χ1) is 15.2. The maximum atomic E-state index is 13.3. The average molecular weight is 504 g/mol. The van der Waals surface area contributed by atoms with Crippen molar-refractivity contribution in [3.63, 3.8) is 0 Å². The summed E-state index contributed by atoms with van der Waals surface area (Å²) in [7, 11) is 6.87. The molecule has 3 aromatic rings. The minimum atomic E-state index is -4.54. The van der Waals surface area contributed by atoms with Crippen LogP contribution in [0, 0.1) is 0 Å². The van der Waals surface area contributed by atoms with Crippen molar-refractivity contribution in [3.8, 4) is 11.5 Å². The molecule has 0 saturated heterocycles. The van der Waals surface area contributed by atoms with E-state index in [0.29, 0.717) is 39.8 Å². The summed E-state index contributed by atoms with van der Waals surface area (Å²) in [5.41, 5.74) is -0.395. The third-order valence-electron chi connectivity index (χ3n) is 4.80. The van der Waals surface area contributed by atoms with E-state index in [0.717, 1.165) is 12.1 Å². The molecule has 0 spiro atoms. The predicted octanol–water partition coefficient (Wildman–Crippen LogP) is 5.35. The monoisotopic (exact) mass is 503 g/mol. The van der Waals surface area contributed by atoms with Crippen molar-refractivity contribution >= 4 is 45.0 Å². The van der Waals surface area contributed by atoms with E-state index in [1.807, 2.05) is 19.0 Å². The van der Waals surface area contributed by atoms with Crippen LogP contribution in [0.4, 0.5) is 18.3 Å². The number of hydrogen-bond acceptors (Lipinski definition) is 6. The third kappa shape index (κ3) is 6.07. The minimum absolute atomic E-state index is 0. The summed E-state index contributed by atoms with van der Waals surface area (Å²) in [5.74, 6) is 0.541. The second kappa shape index (κ2) is 11.0. The van der Waals surface area contributed by atoms with Crippen LogP contribution in [0.25, 0.3) is 10.2 Å². The molecule has 0 fully saturated rings. The van der Waals surface area contributed by atoms with Gasteiger partial charge in [0.25, 0.3) is 5.91 Å². The summed E-state index contributed by atoms with van der Waals surface area (Å²) in [6.07, 6.45) is -3.93. The molecule has 1 aromatic heterocycles. The smallest absolute Gasteiger partial charge is 0.416 e. The lowest BCUT2D eigenvalue weighted by Crippen LogP contribution is -2.33. The highest BCUT2D eigenvalue weighted by molar-refractivity contribution is 7.22. The Hall–Kier alpha value is -2.56. The highest BCUT2D eigenvalue weighted by Crippen LogP contribution is 2.40. The first kappa shape index (κ1) is 26.7. The molecule has 0 radical (unpaired) electrons. The minimum Gasteiger partial charge on any atom is -0.495 e. The lowest BCUT2D eigenvalue weighted by molar-refractivity contribution is -0.137. The van der Waals surface area contributed by atoms with Crippen LogP contribution < -0.4 is 14.4 Å². The molecule has 11 heteroatoms. The number of hydrogen-bond donors (Lipinski definition) is 0. The summed E-state index contributed by atoms with van der Waals surface area (Å²) in [4.78, 5) is 21.3. The number of benzene rings is 2. The number of aromatic nitrogens is 1. The molecule has 1 amide bonds. The highest BCUT2D eigenvalue weighted by atomic mass is 35.5. The molecule has 6 nitrogen and oxygen atoms in total. The van der Waals surface area contributed by atoms with Gasteiger partial charge >= 0.3 is 6.18 Å². The second-order valence-electron chi connectivity index (χ2n) is 7.34. The molecular formula is C22H25ClF3N3O3S. The van der Waals surface area contributed by atoms with Gasteiger partial charge in [-0.2, -0.15) is 13.2 Å². The van der Waals surface area contributed by atoms with E-state index in [9.17, 15) is 18.0 Å². The predicted molar refractivity (Wildman–Crippen MR) is 126 cm³/mol. The first-order valence-electron chi connectivity index (χ1n) is 9.81. The van der Waals surface area contributed by atoms with Crippen molar-refractivity contribution in [2.24, 2.45) is 0 Å². The van der Waals surface area contributed by atoms with E-state index < -0.39 is 17.6 Å². The lowest BCUT2D eigenvalue weighted by atomic mass is 10.1. The molecule has 0 bridgehead atoms. The van der Waals surface area contributed by atoms with Gasteiger partial charge in [-0.15, -0.1) is 12.4 Å². The van der Waals surface area contributed by atoms with Crippen LogP contribution in [-0.2, 0) is 6.18 Å². The first-order valence-corrected chi connectivity index (χ1v) is 10.6. The normalized spacial score (nSPS) is 11.4. The number of thiazole rings is 1. The van der Waals surface area contributed by atoms with Crippen LogP contribution in [0.3, 0.4) is 0 Å². The third-order valence-corrected chi connectivity index (χ3v) is 5.89. The van der Waals surface area contributed by atoms with Crippen molar-refractivity contribution in [3.05, 3.63) is 47.5 Å². The Morgan fingerprint density at radius 3 is 2.33 bits per heavy atom. The highest BCUT2D eigenvalue weighted by Gasteiger charge is 2.32. The number of nitrogens with zero attached hydrogens (tertiary/aromatic N) is 3. The molecule has 0 N–H and O–H groups in total. The van der Waals surface area contributed by atoms with E-state index >= 15 is 0 Å². The van der Waals surface area contributed by atoms with E-state index in [1.54, 1.807) is 12.1 Å². The molecule has 2 aromatic carbocycles. The Balaban J connectivity index is 0.00000385. The molecule has 0 unspecified atom stereocenters. The van der Waals surface area contributed by atoms with E-state index in [-0.39, 0.29) is 24.5 Å². The Kier molecular flexibility index (Phi) is 8.93. The Labute approximate surface area is 200 Å². The van der Waals surface area contributed by atoms with Gasteiger partial charge in [0.05, 0.1) is 19.8 Å². The number of alkyl halides is 3. The topological polar surface area (TPSA) is 54.9 Å². The summed E-state index contributed by atoms with van der Waals surface area (Å²) >= 11 is 1.23. The van der Waals surface area contributed by atoms with Gasteiger partial charge in [0, 0.05) is 12.1 Å². The quantitative estimate of drug-likeness (QED) is 0.414. The Morgan fingerprint density at radius 2 is 1.73 bits per heavy atom. The number of carbonyl (C=O) groups is 1. The van der Waals surface area contributed by atoms with Gasteiger partial charge < -0.3 is 14.4 Å². The van der Waals surface area contributed by atoms with Crippen molar-refractivity contribution < 1.29 is 27.4 Å². The lowest BCUT2D eigenvalue weighted by Gasteiger charge is -2.21. The molecule has 0 aliphatic carbocycles. The molecule has 33 heavy (non-hydrogen) atoms. The van der Waals surface area contributed by atoms with E-state index in [1.165, 1.54) is 42.6 Å². The number of amides is 1. The zero-order chi connectivity index (χ0) is 23.5. The van der Waals surface area contributed by atoms with Gasteiger partial charge in [-0.25, -0.2) is 4.98 Å². The van der Waals surface area contributed by atoms with Gasteiger partial charge in [-0.05, 0) is 57.4 Å². The van der Waals surface area contributed by atoms with Gasteiger partial charge in [0.2, 0.25) is 0 Å². The summed E-state index contributed by atoms with van der Waals surface area (Å²) < 4.78 is 51.0. The largest absolute Gasteiger partial charge is 0.495 e. The molecule has 0 atom stereocenters. The number of carbonyl (C=O) groups excluding carboxylic acids is 1. The number of anilines is 1. The number of ether oxygens (including phenoxy) is 2. The number of methoxy groups -OCH3 is 2. The zero-order valence-corrected chi connectivity index (χ0v) is 20.2. The van der Waals surface area contributed by atoms with Crippen molar-refractivity contribution in [2.75, 3.05) is 46.3 Å². The van der Waals surface area contributed by atoms with Gasteiger partial charge in [0.1, 0.15) is 21.7 Å². The average Bonchev–Trinajstić information content (AvgIpc) is 3.20. The number of fused-ring (bicyclic) bond motifs is 1. The molecule has 3 rings (SSSR count). The van der Waals surface area contributed by atoms with Crippen LogP contribution in [0.1, 0.15) is 22.3 Å². The van der Waals surface area contributed by atoms with Crippen LogP contribution in [-0.4, -0.2) is 57.2 Å². The van der Waals surface area contributed by atoms with E-state index in [2.05, 4.69) is 4.98 Å². The SMILES string of the molecule is COc1ccc(OC)c2sc(N(CCCN(C)C)C(=O)c3cccc(C(F)(F)F)c3)nc12.Cl. The standard InChI is InChI=1S/C22H24F3N3O3S.ClH/c1-27(2)11-6-12-28(20(29)14-7-5-8-15(13-14)22(23,24)25)21-26-18-16(30-3)9-10-17(31-4)19(18)32-21;/h5,7-10,13H,6,11-12H2,1-4H3;1H. The molecule has 0 aliphatic heterocycles. The molecule has 0 aliphatic rings. The summed E-state index contributed by atoms with van der Waals surface area (Å²) in [6.45, 7) is 0.988. The van der Waals surface area contributed by atoms with Gasteiger partial charge in [-0.1, -0.05) is 17.4 Å². The molecular weight excluding hydrogens is 479 g/mol. The molecule has 1 heterocycles. The Bertz CT molecular complexity index is 1060. The van der Waals surface area contributed by atoms with Crippen molar-refractivity contribution in [1.82, 2.24) is 9.88 Å². The summed E-state index contributed by atoms with van der Waals surface area (Å²) in [5, 5.41) is 0.365. The maximum Gasteiger partial charge on any atom is 0.416 e. The van der Waals surface area contributed by atoms with Crippen molar-refractivity contribution in [2.45, 2.75) is 12.6 Å². The van der Waals surface area contributed by atoms with Crippen LogP contribution in [0.2, 0.25) is 0 Å². The maximum absolute atomic E-state index is 13.3. The zero-order valence-electron chi connectivity index (χ0n) is 18.6. The van der Waals surface area contributed by atoms with Crippen molar-refractivity contribution in [1.29, 1.82) is 0 Å². The second-order valence-corrected chi connectivity index (χ2v) is 8.31. The number of rotatable bonds is 8. The Morgan fingerprint density at radius 1 is 1.06 bits per heavy atom. The fourth-order valence-corrected chi connectivity index (χ4v) is 4.30. The van der Waals surface area contributed by atoms with Gasteiger partial charge in [0.15, 0.2) is 5.13 Å². The van der Waals surface area contributed by atoms with Crippen LogP contribution >= 0.6 is 23.7 Å². The van der Waals surface area contributed by atoms with E-state index in [4.69, 9.17) is 9.47 Å². The number of halogens is 4.